The van der Waals surface area contributed by atoms with Gasteiger partial charge in [-0.15, -0.1) is 0 Å². The Hall–Kier alpha value is -1.63. The normalized spacial score (nSPS) is 15.8. The molecule has 0 saturated carbocycles. The van der Waals surface area contributed by atoms with E-state index in [0.29, 0.717) is 5.06 Å². The first kappa shape index (κ1) is 20.4. The fourth-order valence-electron chi connectivity index (χ4n) is 1.76. The summed E-state index contributed by atoms with van der Waals surface area (Å²) in [5.41, 5.74) is 0.729. The van der Waals surface area contributed by atoms with Crippen molar-refractivity contribution >= 4 is 6.41 Å². The molecular formula is C14H21NO9. The Labute approximate surface area is 137 Å². The van der Waals surface area contributed by atoms with E-state index in [1.54, 1.807) is 30.3 Å². The summed E-state index contributed by atoms with van der Waals surface area (Å²) in [6.07, 6.45) is -9.15. The molecule has 136 valence electrons. The van der Waals surface area contributed by atoms with Crippen LogP contribution in [-0.4, -0.2) is 84.2 Å². The molecule has 0 spiro atoms. The van der Waals surface area contributed by atoms with Crippen LogP contribution in [0.2, 0.25) is 0 Å². The van der Waals surface area contributed by atoms with Gasteiger partial charge in [-0.05, 0) is 5.56 Å². The van der Waals surface area contributed by atoms with Gasteiger partial charge in [0.25, 0.3) is 0 Å². The number of hydroxylamine groups is 2. The van der Waals surface area contributed by atoms with Gasteiger partial charge in [0, 0.05) is 0 Å². The zero-order valence-electron chi connectivity index (χ0n) is 12.6. The highest BCUT2D eigenvalue weighted by Crippen LogP contribution is 2.17. The van der Waals surface area contributed by atoms with Crippen molar-refractivity contribution in [2.75, 3.05) is 6.54 Å². The molecule has 0 unspecified atom stereocenters. The van der Waals surface area contributed by atoms with Crippen molar-refractivity contribution < 1.29 is 45.4 Å². The van der Waals surface area contributed by atoms with Crippen molar-refractivity contribution in [2.24, 2.45) is 0 Å². The molecule has 1 aromatic rings. The van der Waals surface area contributed by atoms with Crippen LogP contribution in [0.25, 0.3) is 0 Å². The lowest BCUT2D eigenvalue weighted by molar-refractivity contribution is -0.342. The Morgan fingerprint density at radius 2 is 1.67 bits per heavy atom. The largest absolute Gasteiger partial charge is 0.388 e. The first-order valence-electron chi connectivity index (χ1n) is 6.94. The van der Waals surface area contributed by atoms with E-state index in [-0.39, 0.29) is 13.0 Å². The number of benzene rings is 1. The van der Waals surface area contributed by atoms with Crippen molar-refractivity contribution in [1.29, 1.82) is 0 Å². The molecule has 0 aliphatic carbocycles. The van der Waals surface area contributed by atoms with E-state index in [9.17, 15) is 30.3 Å². The van der Waals surface area contributed by atoms with E-state index in [1.807, 2.05) is 0 Å². The van der Waals surface area contributed by atoms with E-state index in [2.05, 4.69) is 0 Å². The highest BCUT2D eigenvalue weighted by atomic mass is 16.7. The second-order valence-corrected chi connectivity index (χ2v) is 5.12. The third-order valence-corrected chi connectivity index (χ3v) is 3.26. The summed E-state index contributed by atoms with van der Waals surface area (Å²) in [6, 6.07) is 8.75. The number of aliphatic hydroxyl groups is 7. The van der Waals surface area contributed by atoms with Crippen LogP contribution in [0.15, 0.2) is 30.3 Å². The van der Waals surface area contributed by atoms with Gasteiger partial charge < -0.3 is 35.7 Å². The maximum atomic E-state index is 10.9. The predicted octanol–water partition coefficient (Wildman–Crippen LogP) is -3.35. The summed E-state index contributed by atoms with van der Waals surface area (Å²) in [5, 5.41) is 65.5. The molecule has 24 heavy (non-hydrogen) atoms. The summed E-state index contributed by atoms with van der Waals surface area (Å²) < 4.78 is 0. The average Bonchev–Trinajstić information content (AvgIpc) is 2.57. The van der Waals surface area contributed by atoms with Gasteiger partial charge in [-0.1, -0.05) is 30.3 Å². The molecule has 1 aromatic carbocycles. The van der Waals surface area contributed by atoms with Gasteiger partial charge in [0.15, 0.2) is 0 Å². The van der Waals surface area contributed by atoms with E-state index in [4.69, 9.17) is 15.1 Å². The first-order valence-corrected chi connectivity index (χ1v) is 6.94. The minimum Gasteiger partial charge on any atom is -0.388 e. The predicted molar refractivity (Wildman–Crippen MR) is 77.4 cm³/mol. The molecule has 0 aromatic heterocycles. The molecule has 0 aliphatic heterocycles. The Bertz CT molecular complexity index is 496. The van der Waals surface area contributed by atoms with Gasteiger partial charge in [0.05, 0.1) is 6.54 Å². The molecule has 1 rings (SSSR count). The van der Waals surface area contributed by atoms with Crippen LogP contribution in [0.3, 0.4) is 0 Å². The van der Waals surface area contributed by atoms with Crippen molar-refractivity contribution in [2.45, 2.75) is 37.0 Å². The zero-order chi connectivity index (χ0) is 18.3. The smallest absolute Gasteiger partial charge is 0.244 e. The molecule has 0 aliphatic rings. The van der Waals surface area contributed by atoms with E-state index < -0.39 is 36.9 Å². The van der Waals surface area contributed by atoms with Crippen molar-refractivity contribution in [3.05, 3.63) is 35.9 Å². The summed E-state index contributed by atoms with van der Waals surface area (Å²) in [4.78, 5) is 16.0. The Morgan fingerprint density at radius 3 is 2.17 bits per heavy atom. The standard InChI is InChI=1S/C14H21NO9/c16-8-15(24-7-9-4-2-1-3-5-9)6-10(17)11(18)12(19)14(22,23)13(20)21/h1-5,8,10-13,17-23H,6-7H2/t10-,11-,12-/m0/s1. The molecule has 0 fully saturated rings. The third-order valence-electron chi connectivity index (χ3n) is 3.26. The Kier molecular flexibility index (Phi) is 7.66. The number of carbonyl (C=O) groups is 1. The van der Waals surface area contributed by atoms with E-state index in [1.165, 1.54) is 0 Å². The summed E-state index contributed by atoms with van der Waals surface area (Å²) in [6.45, 7) is -0.629. The first-order chi connectivity index (χ1) is 11.2. The van der Waals surface area contributed by atoms with Gasteiger partial charge in [-0.25, -0.2) is 5.06 Å². The molecule has 3 atom stereocenters. The number of hydrogen-bond acceptors (Lipinski definition) is 9. The van der Waals surface area contributed by atoms with Crippen molar-refractivity contribution in [3.8, 4) is 0 Å². The minimum absolute atomic E-state index is 0.00968. The number of hydrogen-bond donors (Lipinski definition) is 7. The number of amides is 1. The van der Waals surface area contributed by atoms with Crippen LogP contribution in [-0.2, 0) is 16.2 Å². The minimum atomic E-state index is -3.47. The molecule has 1 amide bonds. The lowest BCUT2D eigenvalue weighted by Crippen LogP contribution is -2.60. The number of aliphatic hydroxyl groups excluding tert-OH is 4. The molecule has 0 heterocycles. The molecular weight excluding hydrogens is 326 g/mol. The molecule has 0 radical (unpaired) electrons. The quantitative estimate of drug-likeness (QED) is 0.130. The van der Waals surface area contributed by atoms with Gasteiger partial charge >= 0.3 is 0 Å². The fourth-order valence-corrected chi connectivity index (χ4v) is 1.76. The fraction of sp³-hybridized carbons (Fsp3) is 0.500. The third kappa shape index (κ3) is 5.47. The molecule has 7 N–H and O–H groups in total. The van der Waals surface area contributed by atoms with Crippen LogP contribution < -0.4 is 0 Å². The lowest BCUT2D eigenvalue weighted by Gasteiger charge is -2.34. The van der Waals surface area contributed by atoms with Crippen LogP contribution in [0.5, 0.6) is 0 Å². The van der Waals surface area contributed by atoms with Gasteiger partial charge in [0.1, 0.15) is 24.9 Å². The Balaban J connectivity index is 2.59. The van der Waals surface area contributed by atoms with E-state index in [0.717, 1.165) is 5.56 Å². The van der Waals surface area contributed by atoms with Crippen molar-refractivity contribution in [3.63, 3.8) is 0 Å². The number of carbonyl (C=O) groups excluding carboxylic acids is 1. The second kappa shape index (κ2) is 9.01. The van der Waals surface area contributed by atoms with Gasteiger partial charge in [0.2, 0.25) is 18.5 Å². The SMILES string of the molecule is O=CN(C[C@H](O)[C@H](O)[C@H](O)C(O)(O)C(O)O)OCc1ccccc1. The van der Waals surface area contributed by atoms with Crippen LogP contribution >= 0.6 is 0 Å². The zero-order valence-corrected chi connectivity index (χ0v) is 12.6. The number of rotatable bonds is 10. The Morgan fingerprint density at radius 1 is 1.08 bits per heavy atom. The van der Waals surface area contributed by atoms with Crippen LogP contribution in [0, 0.1) is 0 Å². The number of nitrogens with zero attached hydrogens (tertiary/aromatic N) is 1. The van der Waals surface area contributed by atoms with Crippen molar-refractivity contribution in [1.82, 2.24) is 5.06 Å². The molecule has 0 saturated heterocycles. The van der Waals surface area contributed by atoms with Crippen LogP contribution in [0.4, 0.5) is 0 Å². The lowest BCUT2D eigenvalue weighted by atomic mass is 9.99. The highest BCUT2D eigenvalue weighted by molar-refractivity contribution is 5.45. The summed E-state index contributed by atoms with van der Waals surface area (Å²) in [5.74, 6) is -3.47. The van der Waals surface area contributed by atoms with Crippen LogP contribution in [0.1, 0.15) is 5.56 Å². The average molecular weight is 347 g/mol. The van der Waals surface area contributed by atoms with Gasteiger partial charge in [-0.2, -0.15) is 0 Å². The summed E-state index contributed by atoms with van der Waals surface area (Å²) in [7, 11) is 0. The topological polar surface area (TPSA) is 171 Å². The molecule has 0 bridgehead atoms. The van der Waals surface area contributed by atoms with E-state index >= 15 is 0 Å². The van der Waals surface area contributed by atoms with Gasteiger partial charge in [-0.3, -0.25) is 9.63 Å². The molecule has 10 heteroatoms. The maximum Gasteiger partial charge on any atom is 0.244 e. The monoisotopic (exact) mass is 347 g/mol. The second-order valence-electron chi connectivity index (χ2n) is 5.12. The summed E-state index contributed by atoms with van der Waals surface area (Å²) >= 11 is 0. The molecule has 10 nitrogen and oxygen atoms in total. The maximum absolute atomic E-state index is 10.9. The highest BCUT2D eigenvalue weighted by Gasteiger charge is 2.46.